The summed E-state index contributed by atoms with van der Waals surface area (Å²) in [6.45, 7) is 34.2. The summed E-state index contributed by atoms with van der Waals surface area (Å²) in [5.41, 5.74) is 10.1. The Morgan fingerprint density at radius 1 is 0.563 bits per heavy atom. The first-order chi connectivity index (χ1) is 50.0. The predicted molar refractivity (Wildman–Crippen MR) is 414 cm³/mol. The van der Waals surface area contributed by atoms with Crippen molar-refractivity contribution in [3.63, 3.8) is 0 Å². The van der Waals surface area contributed by atoms with Crippen LogP contribution in [0.4, 0.5) is 36.6 Å². The molecule has 8 heterocycles. The molecule has 5 aromatic carbocycles. The minimum Gasteiger partial charge on any atom is -0.462 e. The maximum absolute atomic E-state index is 14.0. The monoisotopic (exact) mass is 1470 g/mol. The average molecular weight is 1470 g/mol. The number of nitrogens with zero attached hydrogens (tertiary/aromatic N) is 13. The molecule has 0 bridgehead atoms. The van der Waals surface area contributed by atoms with Crippen LogP contribution in [0, 0.1) is 13.8 Å². The van der Waals surface area contributed by atoms with Crippen LogP contribution in [-0.4, -0.2) is 217 Å². The molecule has 7 aromatic rings. The van der Waals surface area contributed by atoms with E-state index in [1.54, 1.807) is 4.90 Å². The number of allylic oxidation sites excluding steroid dienone is 1. The molecule has 19 nitrogen and oxygen atoms in total. The maximum atomic E-state index is 14.0. The van der Waals surface area contributed by atoms with Crippen molar-refractivity contribution in [1.82, 2.24) is 44.4 Å². The van der Waals surface area contributed by atoms with Gasteiger partial charge in [0.05, 0.1) is 29.8 Å². The van der Waals surface area contributed by atoms with Gasteiger partial charge in [0, 0.05) is 125 Å². The first kappa shape index (κ1) is 79.2. The Balaban J connectivity index is 0.000000201. The fourth-order valence-corrected chi connectivity index (χ4v) is 14.0. The number of aryl methyl sites for hydroxylation is 2. The minimum absolute atomic E-state index is 0.0346. The smallest absolute Gasteiger partial charge is 0.410 e. The molecule has 0 aliphatic carbocycles. The van der Waals surface area contributed by atoms with E-state index < -0.39 is 17.6 Å². The highest BCUT2D eigenvalue weighted by Crippen LogP contribution is 2.38. The van der Waals surface area contributed by atoms with E-state index >= 15 is 0 Å². The van der Waals surface area contributed by atoms with E-state index in [0.717, 1.165) is 97.7 Å². The van der Waals surface area contributed by atoms with Crippen LogP contribution in [0.5, 0.6) is 12.0 Å². The van der Waals surface area contributed by atoms with Crippen LogP contribution in [0.1, 0.15) is 85.7 Å². The number of halogens is 5. The topological polar surface area (TPSA) is 160 Å². The molecule has 0 saturated carbocycles. The van der Waals surface area contributed by atoms with E-state index in [-0.39, 0.29) is 23.9 Å². The molecule has 2 amide bonds. The number of hydrogen-bond acceptors (Lipinski definition) is 17. The molecule has 0 N–H and O–H groups in total. The number of amides is 2. The SMILES string of the molecule is C=CC(=O)Cl.C=CC(=O)N1CCN(c2nc(OCCN3CCC[C@@H](F)C3)nc3c2CCN(c2cc(C)cc4ccccc24)C3)CC1.CCN(CC)CC.Cc1cc(N2CCc3c(nc(OCCN4CCC[C@@H](F)C4)nc3N3CCN(C(=O)OCc4ccccc4)CC3)C2)c2ccccc2c1.ClCCl. The van der Waals surface area contributed by atoms with E-state index in [1.807, 2.05) is 35.2 Å². The zero-order valence-electron chi connectivity index (χ0n) is 60.6. The Morgan fingerprint density at radius 3 is 1.40 bits per heavy atom. The largest absolute Gasteiger partial charge is 0.462 e. The lowest BCUT2D eigenvalue weighted by molar-refractivity contribution is -0.126. The number of hydrogen-bond donors (Lipinski definition) is 0. The van der Waals surface area contributed by atoms with Crippen molar-refractivity contribution in [3.8, 4) is 12.0 Å². The van der Waals surface area contributed by atoms with Crippen molar-refractivity contribution in [2.75, 3.05) is 163 Å². The lowest BCUT2D eigenvalue weighted by Gasteiger charge is -2.38. The van der Waals surface area contributed by atoms with Gasteiger partial charge in [0.25, 0.3) is 0 Å². The molecule has 2 atom stereocenters. The summed E-state index contributed by atoms with van der Waals surface area (Å²) < 4.78 is 45.8. The fraction of sp³-hybridized carbons (Fsp3) is 0.481. The van der Waals surface area contributed by atoms with Crippen LogP contribution in [0.15, 0.2) is 128 Å². The average Bonchev–Trinajstić information content (AvgIpc) is 0.774. The van der Waals surface area contributed by atoms with Gasteiger partial charge < -0.3 is 48.5 Å². The van der Waals surface area contributed by atoms with Crippen LogP contribution in [0.3, 0.4) is 0 Å². The molecular weight excluding hydrogens is 1370 g/mol. The lowest BCUT2D eigenvalue weighted by Crippen LogP contribution is -2.49. The highest BCUT2D eigenvalue weighted by molar-refractivity contribution is 6.66. The quantitative estimate of drug-likeness (QED) is 0.0427. The summed E-state index contributed by atoms with van der Waals surface area (Å²) in [5.74, 6) is 1.76. The summed E-state index contributed by atoms with van der Waals surface area (Å²) in [5, 5.41) is 4.62. The first-order valence-corrected chi connectivity index (χ1v) is 37.8. The number of benzene rings is 5. The molecule has 0 unspecified atom stereocenters. The highest BCUT2D eigenvalue weighted by atomic mass is 35.5. The van der Waals surface area contributed by atoms with Crippen molar-refractivity contribution < 1.29 is 37.4 Å². The van der Waals surface area contributed by atoms with Crippen LogP contribution in [-0.2, 0) is 46.9 Å². The van der Waals surface area contributed by atoms with Gasteiger partial charge in [0.2, 0.25) is 11.1 Å². The summed E-state index contributed by atoms with van der Waals surface area (Å²) in [7, 11) is 0. The number of piperazine rings is 2. The minimum atomic E-state index is -0.770. The van der Waals surface area contributed by atoms with Crippen molar-refractivity contribution >= 4 is 96.6 Å². The van der Waals surface area contributed by atoms with Gasteiger partial charge in [-0.05, 0) is 148 Å². The van der Waals surface area contributed by atoms with Gasteiger partial charge in [-0.3, -0.25) is 19.4 Å². The molecule has 13 rings (SSSR count). The van der Waals surface area contributed by atoms with Gasteiger partial charge in [-0.25, -0.2) is 13.6 Å². The Hall–Kier alpha value is -7.92. The van der Waals surface area contributed by atoms with E-state index in [4.69, 9.17) is 68.9 Å². The van der Waals surface area contributed by atoms with Crippen LogP contribution in [0.25, 0.3) is 21.5 Å². The van der Waals surface area contributed by atoms with Gasteiger partial charge in [0.1, 0.15) is 43.8 Å². The van der Waals surface area contributed by atoms with Gasteiger partial charge in [0.15, 0.2) is 0 Å². The maximum Gasteiger partial charge on any atom is 0.410 e. The lowest BCUT2D eigenvalue weighted by atomic mass is 10.0. The molecule has 24 heteroatoms. The van der Waals surface area contributed by atoms with Crippen molar-refractivity contribution in [2.45, 2.75) is 105 Å². The van der Waals surface area contributed by atoms with E-state index in [9.17, 15) is 23.2 Å². The van der Waals surface area contributed by atoms with Gasteiger partial charge >= 0.3 is 18.1 Å². The second-order valence-corrected chi connectivity index (χ2v) is 27.6. The van der Waals surface area contributed by atoms with E-state index in [0.29, 0.717) is 130 Å². The van der Waals surface area contributed by atoms with Crippen LogP contribution >= 0.6 is 34.8 Å². The molecule has 0 radical (unpaired) electrons. The molecule has 4 fully saturated rings. The Labute approximate surface area is 622 Å². The van der Waals surface area contributed by atoms with Crippen molar-refractivity contribution in [1.29, 1.82) is 0 Å². The number of likely N-dealkylation sites (tertiary alicyclic amines) is 2. The number of alkyl halides is 4. The van der Waals surface area contributed by atoms with Gasteiger partial charge in [-0.1, -0.05) is 125 Å². The third-order valence-electron chi connectivity index (χ3n) is 19.5. The molecule has 6 aliphatic rings. The number of ether oxygens (including phenoxy) is 3. The second kappa shape index (κ2) is 40.4. The summed E-state index contributed by atoms with van der Waals surface area (Å²) in [6, 6.07) is 36.5. The number of carbonyl (C=O) groups is 3. The zero-order valence-corrected chi connectivity index (χ0v) is 62.9. The summed E-state index contributed by atoms with van der Waals surface area (Å²) in [6.07, 6.45) is 5.26. The first-order valence-electron chi connectivity index (χ1n) is 36.3. The third kappa shape index (κ3) is 22.8. The highest BCUT2D eigenvalue weighted by Gasteiger charge is 2.33. The molecule has 103 heavy (non-hydrogen) atoms. The van der Waals surface area contributed by atoms with Gasteiger partial charge in [-0.15, -0.1) is 23.2 Å². The third-order valence-corrected chi connectivity index (χ3v) is 19.6. The van der Waals surface area contributed by atoms with E-state index in [2.05, 4.69) is 155 Å². The molecule has 2 aromatic heterocycles. The number of rotatable bonds is 19. The molecule has 554 valence electrons. The number of anilines is 4. The number of fused-ring (bicyclic) bond motifs is 4. The van der Waals surface area contributed by atoms with Gasteiger partial charge in [-0.2, -0.15) is 19.9 Å². The standard InChI is InChI=1S/C37H43FN6O3.C32H39FN6O2.C6H15N.C3H3ClO.CH2Cl2/c1-27-22-29-10-5-6-12-31(29)34(23-27)44-15-13-32-33(25-44)39-36(46-21-20-41-14-7-11-30(38)24-41)40-35(32)42-16-18-43(19-17-42)37(45)47-26-28-8-3-2-4-9-28;1-3-30(40)37-13-15-38(16-14-37)31-27-10-12-39(29-20-23(2)19-24-7-4-5-9-26(24)29)22-28(27)34-32(35-31)41-18-17-36-11-6-8-25(33)21-36;1-4-7(5-2)6-3;1-2-3(4)5;2-1-3/h2-6,8-10,12,22-23,30H,7,11,13-21,24-26H2,1H3;3-5,7,9,19-20,25H,1,6,8,10-18,21-22H2,2H3;4-6H2,1-3H3;2H,1H2;1H2/t30-;25-;;;/m11.../s1. The predicted octanol–water partition coefficient (Wildman–Crippen LogP) is 13.6. The summed E-state index contributed by atoms with van der Waals surface area (Å²) >= 11 is 14.2. The van der Waals surface area contributed by atoms with Crippen molar-refractivity contribution in [2.24, 2.45) is 0 Å². The second-order valence-electron chi connectivity index (χ2n) is 26.4. The molecule has 0 spiro atoms. The van der Waals surface area contributed by atoms with Crippen molar-refractivity contribution in [3.05, 3.63) is 168 Å². The number of carbonyl (C=O) groups excluding carboxylic acids is 3. The summed E-state index contributed by atoms with van der Waals surface area (Å²) in [4.78, 5) is 73.8. The van der Waals surface area contributed by atoms with Crippen LogP contribution in [0.2, 0.25) is 0 Å². The number of piperidine rings is 2. The zero-order chi connectivity index (χ0) is 73.2. The number of aromatic nitrogens is 4. The molecule has 6 aliphatic heterocycles. The van der Waals surface area contributed by atoms with Crippen LogP contribution < -0.4 is 29.1 Å². The van der Waals surface area contributed by atoms with E-state index in [1.165, 1.54) is 69.8 Å². The fourth-order valence-electron chi connectivity index (χ4n) is 14.0. The Bertz CT molecular complexity index is 3900. The molecule has 4 saturated heterocycles. The Morgan fingerprint density at radius 2 is 0.990 bits per heavy atom. The molecular formula is C79H102Cl3F2N13O6. The normalized spacial score (nSPS) is 17.6. The Kier molecular flexibility index (Phi) is 31.0.